The lowest BCUT2D eigenvalue weighted by atomic mass is 9.93. The van der Waals surface area contributed by atoms with Crippen LogP contribution in [0.3, 0.4) is 0 Å². The van der Waals surface area contributed by atoms with E-state index in [-0.39, 0.29) is 18.0 Å². The SMILES string of the molecule is Cc1cccc(N2CCN(C(=O)c3ccc4c(c3)CC(c3ccccc3)OC4=O)CC2)c1C. The Morgan fingerprint density at radius 2 is 1.67 bits per heavy atom. The molecule has 1 saturated heterocycles. The zero-order chi connectivity index (χ0) is 22.9. The summed E-state index contributed by atoms with van der Waals surface area (Å²) in [7, 11) is 0. The van der Waals surface area contributed by atoms with Gasteiger partial charge in [0.05, 0.1) is 5.56 Å². The van der Waals surface area contributed by atoms with Gasteiger partial charge in [-0.2, -0.15) is 0 Å². The van der Waals surface area contributed by atoms with Crippen LogP contribution in [0, 0.1) is 13.8 Å². The van der Waals surface area contributed by atoms with Gasteiger partial charge in [-0.1, -0.05) is 42.5 Å². The van der Waals surface area contributed by atoms with Crippen molar-refractivity contribution in [2.45, 2.75) is 26.4 Å². The molecule has 0 bridgehead atoms. The number of cyclic esters (lactones) is 1. The maximum absolute atomic E-state index is 13.3. The number of hydrogen-bond donors (Lipinski definition) is 0. The third-order valence-electron chi connectivity index (χ3n) is 6.88. The molecule has 0 N–H and O–H groups in total. The molecule has 0 radical (unpaired) electrons. The van der Waals surface area contributed by atoms with Crippen molar-refractivity contribution in [1.82, 2.24) is 4.90 Å². The van der Waals surface area contributed by atoms with Gasteiger partial charge >= 0.3 is 5.97 Å². The van der Waals surface area contributed by atoms with Gasteiger partial charge in [0.15, 0.2) is 0 Å². The Hall–Kier alpha value is -3.60. The average Bonchev–Trinajstić information content (AvgIpc) is 2.85. The van der Waals surface area contributed by atoms with Crippen molar-refractivity contribution < 1.29 is 14.3 Å². The number of piperazine rings is 1. The van der Waals surface area contributed by atoms with Crippen molar-refractivity contribution in [3.63, 3.8) is 0 Å². The summed E-state index contributed by atoms with van der Waals surface area (Å²) in [4.78, 5) is 30.1. The molecule has 5 nitrogen and oxygen atoms in total. The van der Waals surface area contributed by atoms with Gasteiger partial charge in [-0.05, 0) is 60.4 Å². The zero-order valence-corrected chi connectivity index (χ0v) is 19.1. The number of esters is 1. The summed E-state index contributed by atoms with van der Waals surface area (Å²) in [6, 6.07) is 21.5. The fraction of sp³-hybridized carbons (Fsp3) is 0.286. The number of benzene rings is 3. The van der Waals surface area contributed by atoms with Crippen LogP contribution < -0.4 is 4.90 Å². The molecule has 1 amide bonds. The van der Waals surface area contributed by atoms with Gasteiger partial charge in [0.2, 0.25) is 0 Å². The predicted molar refractivity (Wildman–Crippen MR) is 129 cm³/mol. The van der Waals surface area contributed by atoms with Crippen LogP contribution in [0.15, 0.2) is 66.7 Å². The molecule has 2 heterocycles. The van der Waals surface area contributed by atoms with E-state index in [1.807, 2.05) is 41.3 Å². The fourth-order valence-electron chi connectivity index (χ4n) is 4.79. The van der Waals surface area contributed by atoms with E-state index in [4.69, 9.17) is 4.74 Å². The van der Waals surface area contributed by atoms with Crippen molar-refractivity contribution in [2.24, 2.45) is 0 Å². The van der Waals surface area contributed by atoms with Gasteiger partial charge in [-0.25, -0.2) is 4.79 Å². The molecule has 3 aromatic rings. The number of rotatable bonds is 3. The molecule has 5 heteroatoms. The Morgan fingerprint density at radius 1 is 0.909 bits per heavy atom. The lowest BCUT2D eigenvalue weighted by molar-refractivity contribution is 0.0252. The first-order valence-corrected chi connectivity index (χ1v) is 11.5. The lowest BCUT2D eigenvalue weighted by Crippen LogP contribution is -2.49. The second-order valence-corrected chi connectivity index (χ2v) is 8.88. The van der Waals surface area contributed by atoms with Crippen molar-refractivity contribution in [2.75, 3.05) is 31.1 Å². The molecule has 0 aromatic heterocycles. The second-order valence-electron chi connectivity index (χ2n) is 8.88. The topological polar surface area (TPSA) is 49.9 Å². The van der Waals surface area contributed by atoms with E-state index < -0.39 is 0 Å². The van der Waals surface area contributed by atoms with E-state index in [1.165, 1.54) is 16.8 Å². The number of carbonyl (C=O) groups excluding carboxylic acids is 2. The molecule has 0 aliphatic carbocycles. The number of anilines is 1. The monoisotopic (exact) mass is 440 g/mol. The van der Waals surface area contributed by atoms with Crippen LogP contribution in [-0.4, -0.2) is 43.0 Å². The average molecular weight is 441 g/mol. The van der Waals surface area contributed by atoms with Crippen LogP contribution in [0.2, 0.25) is 0 Å². The number of hydrogen-bond acceptors (Lipinski definition) is 4. The molecule has 1 unspecified atom stereocenters. The van der Waals surface area contributed by atoms with Crippen molar-refractivity contribution >= 4 is 17.6 Å². The molecular weight excluding hydrogens is 412 g/mol. The van der Waals surface area contributed by atoms with E-state index in [0.717, 1.165) is 24.2 Å². The Morgan fingerprint density at radius 3 is 2.42 bits per heavy atom. The molecule has 5 rings (SSSR count). The summed E-state index contributed by atoms with van der Waals surface area (Å²) in [6.45, 7) is 7.26. The summed E-state index contributed by atoms with van der Waals surface area (Å²) in [6.07, 6.45) is 0.254. The van der Waals surface area contributed by atoms with Crippen LogP contribution in [0.4, 0.5) is 5.69 Å². The van der Waals surface area contributed by atoms with Crippen LogP contribution in [-0.2, 0) is 11.2 Å². The molecule has 2 aliphatic heterocycles. The third-order valence-corrected chi connectivity index (χ3v) is 6.88. The van der Waals surface area contributed by atoms with E-state index in [0.29, 0.717) is 30.6 Å². The van der Waals surface area contributed by atoms with Gasteiger partial charge in [0, 0.05) is 43.9 Å². The number of amides is 1. The highest BCUT2D eigenvalue weighted by molar-refractivity contribution is 5.98. The first-order valence-electron chi connectivity index (χ1n) is 11.5. The van der Waals surface area contributed by atoms with Crippen molar-refractivity contribution in [3.05, 3.63) is 100 Å². The highest BCUT2D eigenvalue weighted by Crippen LogP contribution is 2.31. The van der Waals surface area contributed by atoms with Crippen molar-refractivity contribution in [1.29, 1.82) is 0 Å². The Bertz CT molecular complexity index is 1200. The first-order chi connectivity index (χ1) is 16.0. The zero-order valence-electron chi connectivity index (χ0n) is 19.1. The molecule has 0 saturated carbocycles. The normalized spacial score (nSPS) is 18.0. The van der Waals surface area contributed by atoms with Gasteiger partial charge in [0.25, 0.3) is 5.91 Å². The van der Waals surface area contributed by atoms with Gasteiger partial charge in [-0.15, -0.1) is 0 Å². The predicted octanol–water partition coefficient (Wildman–Crippen LogP) is 4.72. The van der Waals surface area contributed by atoms with E-state index in [1.54, 1.807) is 12.1 Å². The molecular formula is C28H28N2O3. The standard InChI is InChI=1S/C28H28N2O3/c1-19-7-6-10-25(20(19)2)29-13-15-30(16-14-29)27(31)22-11-12-24-23(17-22)18-26(33-28(24)32)21-8-4-3-5-9-21/h3-12,17,26H,13-16,18H2,1-2H3. The van der Waals surface area contributed by atoms with E-state index in [2.05, 4.69) is 36.9 Å². The molecule has 168 valence electrons. The minimum atomic E-state index is -0.328. The molecule has 0 spiro atoms. The van der Waals surface area contributed by atoms with Crippen molar-refractivity contribution in [3.8, 4) is 0 Å². The van der Waals surface area contributed by atoms with E-state index in [9.17, 15) is 9.59 Å². The number of aryl methyl sites for hydroxylation is 1. The highest BCUT2D eigenvalue weighted by Gasteiger charge is 2.29. The van der Waals surface area contributed by atoms with Crippen LogP contribution in [0.5, 0.6) is 0 Å². The number of nitrogens with zero attached hydrogens (tertiary/aromatic N) is 2. The summed E-state index contributed by atoms with van der Waals surface area (Å²) >= 11 is 0. The van der Waals surface area contributed by atoms with Gasteiger partial charge < -0.3 is 14.5 Å². The molecule has 3 aromatic carbocycles. The summed E-state index contributed by atoms with van der Waals surface area (Å²) in [5.74, 6) is -0.306. The summed E-state index contributed by atoms with van der Waals surface area (Å²) in [5.41, 5.74) is 6.87. The fourth-order valence-corrected chi connectivity index (χ4v) is 4.79. The number of fused-ring (bicyclic) bond motifs is 1. The summed E-state index contributed by atoms with van der Waals surface area (Å²) < 4.78 is 5.65. The molecule has 2 aliphatic rings. The van der Waals surface area contributed by atoms with E-state index >= 15 is 0 Å². The number of carbonyl (C=O) groups is 2. The van der Waals surface area contributed by atoms with Gasteiger partial charge in [-0.3, -0.25) is 4.79 Å². The maximum atomic E-state index is 13.3. The largest absolute Gasteiger partial charge is 0.454 e. The smallest absolute Gasteiger partial charge is 0.339 e. The Balaban J connectivity index is 1.30. The minimum absolute atomic E-state index is 0.0219. The number of ether oxygens (including phenoxy) is 1. The molecule has 1 atom stereocenters. The summed E-state index contributed by atoms with van der Waals surface area (Å²) in [5, 5.41) is 0. The van der Waals surface area contributed by atoms with Crippen LogP contribution >= 0.6 is 0 Å². The quantitative estimate of drug-likeness (QED) is 0.553. The molecule has 1 fully saturated rings. The third kappa shape index (κ3) is 4.11. The lowest BCUT2D eigenvalue weighted by Gasteiger charge is -2.37. The minimum Gasteiger partial charge on any atom is -0.454 e. The van der Waals surface area contributed by atoms with Crippen LogP contribution in [0.1, 0.15) is 49.1 Å². The Kier molecular flexibility index (Phi) is 5.63. The first kappa shape index (κ1) is 21.3. The van der Waals surface area contributed by atoms with Gasteiger partial charge in [0.1, 0.15) is 6.10 Å². The highest BCUT2D eigenvalue weighted by atomic mass is 16.5. The van der Waals surface area contributed by atoms with Crippen LogP contribution in [0.25, 0.3) is 0 Å². The second kappa shape index (κ2) is 8.74. The maximum Gasteiger partial charge on any atom is 0.339 e. The Labute approximate surface area is 194 Å². The molecule has 33 heavy (non-hydrogen) atoms.